The fourth-order valence-corrected chi connectivity index (χ4v) is 5.20. The Morgan fingerprint density at radius 3 is 1.53 bits per heavy atom. The summed E-state index contributed by atoms with van der Waals surface area (Å²) in [4.78, 5) is 0. The lowest BCUT2D eigenvalue weighted by atomic mass is 9.88. The van der Waals surface area contributed by atoms with Gasteiger partial charge in [0.1, 0.15) is 0 Å². The number of allylic oxidation sites excluding steroid dienone is 3. The summed E-state index contributed by atoms with van der Waals surface area (Å²) in [7, 11) is 0. The van der Waals surface area contributed by atoms with Crippen LogP contribution in [0.3, 0.4) is 0 Å². The van der Waals surface area contributed by atoms with Gasteiger partial charge in [0.05, 0.1) is 0 Å². The van der Waals surface area contributed by atoms with Gasteiger partial charge in [0.25, 0.3) is 0 Å². The van der Waals surface area contributed by atoms with E-state index in [9.17, 15) is 0 Å². The molecule has 0 amide bonds. The first kappa shape index (κ1) is 45.7. The lowest BCUT2D eigenvalue weighted by Gasteiger charge is -2.18. The largest absolute Gasteiger partial charge is 0.403 e. The second-order valence-electron chi connectivity index (χ2n) is 14.2. The zero-order chi connectivity index (χ0) is 34.0. The van der Waals surface area contributed by atoms with Crippen molar-refractivity contribution >= 4 is 0 Å². The predicted octanol–water partition coefficient (Wildman–Crippen LogP) is 11.6. The van der Waals surface area contributed by atoms with Crippen LogP contribution in [0, 0.1) is 17.8 Å². The smallest absolute Gasteiger partial charge is 0.0190 e. The fourth-order valence-electron chi connectivity index (χ4n) is 5.20. The van der Waals surface area contributed by atoms with Crippen LogP contribution in [0.2, 0.25) is 0 Å². The molecule has 268 valence electrons. The summed E-state index contributed by atoms with van der Waals surface area (Å²) >= 11 is 0. The van der Waals surface area contributed by atoms with E-state index in [0.29, 0.717) is 5.92 Å². The monoisotopic (exact) mass is 634 g/mol. The standard InChI is InChI=1S/C17H35N5.C11H22.C7H16.C5H10/c1-14(2)10-11-17(5)22-20-13-7-9-16(4)21-19-12-6-8-15(3)18;1-2-3-4-5-8-11-9-6-7-10-11;1-3-5-7-6-4-2;1-5-3-2-4-5/h14,19-22H,3-13,18H2,1-2H3;11H,2-10H2,1H3;3-7H2,1-2H3;5H,2-4H2,1H3. The summed E-state index contributed by atoms with van der Waals surface area (Å²) in [5, 5.41) is 0. The molecule has 0 aromatic carbocycles. The minimum Gasteiger partial charge on any atom is -0.403 e. The van der Waals surface area contributed by atoms with E-state index in [2.05, 4.69) is 83.0 Å². The van der Waals surface area contributed by atoms with Gasteiger partial charge in [-0.2, -0.15) is 0 Å². The topological polar surface area (TPSA) is 74.1 Å². The Balaban J connectivity index is 0. The maximum Gasteiger partial charge on any atom is 0.0190 e. The molecule has 2 fully saturated rings. The fraction of sp³-hybridized carbons (Fsp3) is 0.850. The van der Waals surface area contributed by atoms with E-state index in [1.807, 2.05) is 0 Å². The van der Waals surface area contributed by atoms with Gasteiger partial charge < -0.3 is 16.6 Å². The Bertz CT molecular complexity index is 645. The van der Waals surface area contributed by atoms with Crippen LogP contribution in [0.25, 0.3) is 0 Å². The summed E-state index contributed by atoms with van der Waals surface area (Å²) in [6.07, 6.45) is 30.8. The highest BCUT2D eigenvalue weighted by atomic mass is 15.4. The minimum absolute atomic E-state index is 0.711. The van der Waals surface area contributed by atoms with Crippen LogP contribution in [-0.4, -0.2) is 13.1 Å². The third-order valence-electron chi connectivity index (χ3n) is 8.68. The molecule has 0 atom stereocenters. The molecule has 0 aromatic heterocycles. The first-order valence-corrected chi connectivity index (χ1v) is 19.4. The number of hydrogen-bond donors (Lipinski definition) is 5. The van der Waals surface area contributed by atoms with Gasteiger partial charge in [-0.25, -0.2) is 10.9 Å². The molecule has 45 heavy (non-hydrogen) atoms. The van der Waals surface area contributed by atoms with Crippen LogP contribution in [0.15, 0.2) is 36.8 Å². The Hall–Kier alpha value is -1.46. The Morgan fingerprint density at radius 2 is 1.11 bits per heavy atom. The second-order valence-corrected chi connectivity index (χ2v) is 14.2. The Labute approximate surface area is 283 Å². The van der Waals surface area contributed by atoms with Crippen LogP contribution in [-0.2, 0) is 0 Å². The molecule has 2 aliphatic carbocycles. The van der Waals surface area contributed by atoms with E-state index in [4.69, 9.17) is 5.73 Å². The summed E-state index contributed by atoms with van der Waals surface area (Å²) < 4.78 is 0. The molecule has 0 heterocycles. The summed E-state index contributed by atoms with van der Waals surface area (Å²) in [6, 6.07) is 0. The van der Waals surface area contributed by atoms with Crippen LogP contribution in [0.1, 0.15) is 189 Å². The van der Waals surface area contributed by atoms with E-state index < -0.39 is 0 Å². The molecule has 0 aromatic rings. The molecule has 0 aliphatic heterocycles. The van der Waals surface area contributed by atoms with Crippen molar-refractivity contribution in [1.82, 2.24) is 21.7 Å². The van der Waals surface area contributed by atoms with Crippen molar-refractivity contribution in [3.05, 3.63) is 36.8 Å². The van der Waals surface area contributed by atoms with Crippen LogP contribution in [0.5, 0.6) is 0 Å². The molecule has 0 spiro atoms. The van der Waals surface area contributed by atoms with Gasteiger partial charge >= 0.3 is 0 Å². The summed E-state index contributed by atoms with van der Waals surface area (Å²) in [5.74, 6) is 2.89. The van der Waals surface area contributed by atoms with Crippen molar-refractivity contribution in [2.24, 2.45) is 23.5 Å². The molecule has 2 aliphatic rings. The molecule has 6 N–H and O–H groups in total. The van der Waals surface area contributed by atoms with Crippen molar-refractivity contribution in [2.45, 2.75) is 189 Å². The van der Waals surface area contributed by atoms with Gasteiger partial charge in [0, 0.05) is 30.2 Å². The molecule has 0 radical (unpaired) electrons. The van der Waals surface area contributed by atoms with Crippen molar-refractivity contribution in [1.29, 1.82) is 0 Å². The van der Waals surface area contributed by atoms with Gasteiger partial charge in [-0.3, -0.25) is 0 Å². The molecule has 0 unspecified atom stereocenters. The highest BCUT2D eigenvalue weighted by molar-refractivity contribution is 4.91. The van der Waals surface area contributed by atoms with Crippen molar-refractivity contribution in [3.8, 4) is 0 Å². The normalized spacial score (nSPS) is 14.2. The van der Waals surface area contributed by atoms with Crippen LogP contribution < -0.4 is 27.4 Å². The van der Waals surface area contributed by atoms with Gasteiger partial charge in [0.15, 0.2) is 0 Å². The van der Waals surface area contributed by atoms with Crippen molar-refractivity contribution in [2.75, 3.05) is 13.1 Å². The minimum atomic E-state index is 0.711. The van der Waals surface area contributed by atoms with E-state index >= 15 is 0 Å². The number of rotatable bonds is 24. The number of nitrogens with one attached hydrogen (secondary N) is 4. The first-order chi connectivity index (χ1) is 21.7. The predicted molar refractivity (Wildman–Crippen MR) is 205 cm³/mol. The van der Waals surface area contributed by atoms with Crippen molar-refractivity contribution < 1.29 is 0 Å². The van der Waals surface area contributed by atoms with E-state index in [0.717, 1.165) is 80.5 Å². The summed E-state index contributed by atoms with van der Waals surface area (Å²) in [5.41, 5.74) is 20.9. The average molecular weight is 634 g/mol. The van der Waals surface area contributed by atoms with E-state index in [1.165, 1.54) is 109 Å². The van der Waals surface area contributed by atoms with Crippen LogP contribution >= 0.6 is 0 Å². The zero-order valence-corrected chi connectivity index (χ0v) is 31.6. The number of hydrogen-bond acceptors (Lipinski definition) is 5. The number of unbranched alkanes of at least 4 members (excludes halogenated alkanes) is 7. The lowest BCUT2D eigenvalue weighted by molar-refractivity contribution is 0.346. The molecule has 5 nitrogen and oxygen atoms in total. The molecular weight excluding hydrogens is 550 g/mol. The maximum absolute atomic E-state index is 5.50. The third-order valence-corrected chi connectivity index (χ3v) is 8.68. The first-order valence-electron chi connectivity index (χ1n) is 19.4. The molecule has 0 bridgehead atoms. The number of nitrogens with two attached hydrogens (primary N) is 1. The Morgan fingerprint density at radius 1 is 0.644 bits per heavy atom. The second kappa shape index (κ2) is 35.4. The quantitative estimate of drug-likeness (QED) is 0.0540. The maximum atomic E-state index is 5.50. The van der Waals surface area contributed by atoms with E-state index in [1.54, 1.807) is 0 Å². The van der Waals surface area contributed by atoms with Gasteiger partial charge in [-0.05, 0) is 56.3 Å². The molecular formula is C40H83N5. The van der Waals surface area contributed by atoms with E-state index in [-0.39, 0.29) is 0 Å². The average Bonchev–Trinajstić information content (AvgIpc) is 3.52. The van der Waals surface area contributed by atoms with Gasteiger partial charge in [-0.15, -0.1) is 0 Å². The molecule has 2 saturated carbocycles. The highest BCUT2D eigenvalue weighted by Crippen LogP contribution is 2.29. The van der Waals surface area contributed by atoms with Crippen LogP contribution in [0.4, 0.5) is 0 Å². The van der Waals surface area contributed by atoms with Crippen molar-refractivity contribution in [3.63, 3.8) is 0 Å². The summed E-state index contributed by atoms with van der Waals surface area (Å²) in [6.45, 7) is 26.9. The highest BCUT2D eigenvalue weighted by Gasteiger charge is 2.13. The van der Waals surface area contributed by atoms with Gasteiger partial charge in [-0.1, -0.05) is 170 Å². The number of hydrazine groups is 2. The molecule has 0 saturated heterocycles. The Kier molecular flexibility index (Phi) is 35.9. The van der Waals surface area contributed by atoms with Gasteiger partial charge in [0.2, 0.25) is 0 Å². The third kappa shape index (κ3) is 38.6. The SMILES string of the molecule is C=C(N)CCCNNC(=C)CCCNNC(=C)CCC(C)C.CC1CCC1.CCCCCCC.CCCCCCC1CCCC1. The zero-order valence-electron chi connectivity index (χ0n) is 31.6. The molecule has 5 heteroatoms. The molecule has 2 rings (SSSR count). The lowest BCUT2D eigenvalue weighted by Crippen LogP contribution is -2.33.